The third kappa shape index (κ3) is 7.38. The lowest BCUT2D eigenvalue weighted by Gasteiger charge is -2.03. The van der Waals surface area contributed by atoms with E-state index in [4.69, 9.17) is 11.5 Å². The van der Waals surface area contributed by atoms with Crippen molar-refractivity contribution in [2.45, 2.75) is 0 Å². The average molecular weight is 164 g/mol. The summed E-state index contributed by atoms with van der Waals surface area (Å²) in [5.41, 5.74) is 10.1. The van der Waals surface area contributed by atoms with Gasteiger partial charge in [0, 0.05) is 0 Å². The topological polar surface area (TPSA) is 76.1 Å². The Balaban J connectivity index is 3.10. The highest BCUT2D eigenvalue weighted by Crippen LogP contribution is 1.56. The minimum absolute atomic E-state index is 0.221. The van der Waals surface area contributed by atoms with Gasteiger partial charge in [0.2, 0.25) is 0 Å². The molecule has 0 aromatic carbocycles. The number of thiocarbonyl (C=S) groups is 2. The molecule has 0 aliphatic carbocycles. The number of nitrogens with two attached hydrogens (primary N) is 2. The van der Waals surface area contributed by atoms with Crippen LogP contribution in [0.5, 0.6) is 0 Å². The fraction of sp³-hybridized carbons (Fsp3) is 0.333. The lowest BCUT2D eigenvalue weighted by molar-refractivity contribution is 0.836. The van der Waals surface area contributed by atoms with Gasteiger partial charge in [-0.2, -0.15) is 0 Å². The molecule has 0 spiro atoms. The monoisotopic (exact) mass is 164 g/mol. The first-order chi connectivity index (χ1) is 4.13. The third-order valence-corrected chi connectivity index (χ3v) is 0.814. The first-order valence-electron chi connectivity index (χ1n) is 2.19. The van der Waals surface area contributed by atoms with E-state index >= 15 is 0 Å². The Hall–Kier alpha value is -0.620. The Bertz CT molecular complexity index is 109. The van der Waals surface area contributed by atoms with E-state index in [9.17, 15) is 0 Å². The van der Waals surface area contributed by atoms with Crippen LogP contribution >= 0.6 is 24.4 Å². The largest absolute Gasteiger partial charge is 0.376 e. The van der Waals surface area contributed by atoms with Gasteiger partial charge in [0.25, 0.3) is 0 Å². The highest BCUT2D eigenvalue weighted by atomic mass is 32.1. The third-order valence-electron chi connectivity index (χ3n) is 0.525. The van der Waals surface area contributed by atoms with Gasteiger partial charge in [-0.15, -0.1) is 0 Å². The average Bonchev–Trinajstić information content (AvgIpc) is 1.63. The minimum Gasteiger partial charge on any atom is -0.376 e. The molecule has 0 amide bonds. The van der Waals surface area contributed by atoms with E-state index in [1.165, 1.54) is 0 Å². The summed E-state index contributed by atoms with van der Waals surface area (Å²) >= 11 is 8.98. The van der Waals surface area contributed by atoms with Gasteiger partial charge in [0.1, 0.15) is 0 Å². The molecule has 0 rings (SSSR count). The predicted octanol–water partition coefficient (Wildman–Crippen LogP) is -1.39. The highest BCUT2D eigenvalue weighted by molar-refractivity contribution is 7.80. The maximum Gasteiger partial charge on any atom is 0.165 e. The molecule has 0 saturated carbocycles. The van der Waals surface area contributed by atoms with Gasteiger partial charge in [-0.05, 0) is 24.4 Å². The van der Waals surface area contributed by atoms with Crippen LogP contribution in [0.3, 0.4) is 0 Å². The summed E-state index contributed by atoms with van der Waals surface area (Å²) in [7, 11) is 0. The molecule has 0 aliphatic heterocycles. The summed E-state index contributed by atoms with van der Waals surface area (Å²) in [4.78, 5) is 0. The molecule has 0 bridgehead atoms. The smallest absolute Gasteiger partial charge is 0.165 e. The molecule has 0 radical (unpaired) electrons. The maximum atomic E-state index is 5.07. The van der Waals surface area contributed by atoms with Crippen molar-refractivity contribution in [1.29, 1.82) is 0 Å². The summed E-state index contributed by atoms with van der Waals surface area (Å²) in [6.07, 6.45) is 0. The van der Waals surface area contributed by atoms with E-state index in [1.54, 1.807) is 0 Å². The number of hydrogen-bond donors (Lipinski definition) is 4. The standard InChI is InChI=1S/C3H8N4S2/c4-2(8)6-1-7-3(5)9/h1H2,(H3,4,6,8)(H3,5,7,9). The molecule has 0 atom stereocenters. The Morgan fingerprint density at radius 1 is 1.11 bits per heavy atom. The van der Waals surface area contributed by atoms with E-state index in [1.807, 2.05) is 0 Å². The van der Waals surface area contributed by atoms with Crippen LogP contribution in [0.1, 0.15) is 0 Å². The van der Waals surface area contributed by atoms with Gasteiger partial charge in [-0.25, -0.2) is 0 Å². The van der Waals surface area contributed by atoms with Crippen LogP contribution in [-0.4, -0.2) is 16.9 Å². The Kier molecular flexibility index (Phi) is 3.98. The molecule has 6 N–H and O–H groups in total. The van der Waals surface area contributed by atoms with E-state index in [-0.39, 0.29) is 10.2 Å². The highest BCUT2D eigenvalue weighted by Gasteiger charge is 1.84. The zero-order valence-corrected chi connectivity index (χ0v) is 6.31. The van der Waals surface area contributed by atoms with Gasteiger partial charge in [-0.1, -0.05) is 0 Å². The van der Waals surface area contributed by atoms with Crippen LogP contribution in [0.4, 0.5) is 0 Å². The Morgan fingerprint density at radius 2 is 1.44 bits per heavy atom. The van der Waals surface area contributed by atoms with Crippen molar-refractivity contribution in [2.75, 3.05) is 6.67 Å². The number of hydrogen-bond acceptors (Lipinski definition) is 2. The molecule has 0 fully saturated rings. The SMILES string of the molecule is NC(=S)NCNC(N)=S. The van der Waals surface area contributed by atoms with E-state index in [0.717, 1.165) is 0 Å². The first kappa shape index (κ1) is 8.38. The molecule has 4 nitrogen and oxygen atoms in total. The molecule has 0 aromatic heterocycles. The Labute approximate surface area is 64.0 Å². The predicted molar refractivity (Wildman–Crippen MR) is 44.7 cm³/mol. The van der Waals surface area contributed by atoms with Crippen molar-refractivity contribution in [1.82, 2.24) is 10.6 Å². The van der Waals surface area contributed by atoms with Gasteiger partial charge < -0.3 is 22.1 Å². The molecule has 9 heavy (non-hydrogen) atoms. The van der Waals surface area contributed by atoms with Gasteiger partial charge in [0.15, 0.2) is 10.2 Å². The second-order valence-electron chi connectivity index (χ2n) is 1.26. The van der Waals surface area contributed by atoms with Crippen LogP contribution in [0.25, 0.3) is 0 Å². The number of nitrogens with one attached hydrogen (secondary N) is 2. The maximum absolute atomic E-state index is 5.07. The van der Waals surface area contributed by atoms with E-state index in [0.29, 0.717) is 6.67 Å². The molecular formula is C3H8N4S2. The van der Waals surface area contributed by atoms with Crippen LogP contribution in [0, 0.1) is 0 Å². The number of rotatable bonds is 2. The summed E-state index contributed by atoms with van der Waals surface area (Å²) in [6.45, 7) is 0.380. The summed E-state index contributed by atoms with van der Waals surface area (Å²) in [6, 6.07) is 0. The minimum atomic E-state index is 0.221. The molecule has 0 heterocycles. The van der Waals surface area contributed by atoms with Crippen molar-refractivity contribution in [3.8, 4) is 0 Å². The lowest BCUT2D eigenvalue weighted by atomic mass is 10.9. The van der Waals surface area contributed by atoms with E-state index < -0.39 is 0 Å². The van der Waals surface area contributed by atoms with Crippen LogP contribution in [-0.2, 0) is 0 Å². The first-order valence-corrected chi connectivity index (χ1v) is 3.01. The fourth-order valence-corrected chi connectivity index (χ4v) is 0.363. The lowest BCUT2D eigenvalue weighted by Crippen LogP contribution is -2.41. The zero-order valence-electron chi connectivity index (χ0n) is 4.68. The summed E-state index contributed by atoms with van der Waals surface area (Å²) in [5, 5.41) is 5.66. The molecule has 0 aromatic rings. The van der Waals surface area contributed by atoms with E-state index in [2.05, 4.69) is 35.1 Å². The fourth-order valence-electron chi connectivity index (χ4n) is 0.218. The van der Waals surface area contributed by atoms with Crippen molar-refractivity contribution in [3.63, 3.8) is 0 Å². The summed E-state index contributed by atoms with van der Waals surface area (Å²) < 4.78 is 0. The summed E-state index contributed by atoms with van der Waals surface area (Å²) in [5.74, 6) is 0. The second-order valence-corrected chi connectivity index (χ2v) is 2.14. The zero-order chi connectivity index (χ0) is 7.28. The van der Waals surface area contributed by atoms with Crippen molar-refractivity contribution >= 4 is 34.7 Å². The molecule has 6 heteroatoms. The van der Waals surface area contributed by atoms with Crippen molar-refractivity contribution in [2.24, 2.45) is 11.5 Å². The van der Waals surface area contributed by atoms with Gasteiger partial charge in [-0.3, -0.25) is 0 Å². The van der Waals surface area contributed by atoms with Crippen LogP contribution < -0.4 is 22.1 Å². The van der Waals surface area contributed by atoms with Crippen molar-refractivity contribution < 1.29 is 0 Å². The molecular weight excluding hydrogens is 156 g/mol. The normalized spacial score (nSPS) is 8.00. The molecule has 0 saturated heterocycles. The quantitative estimate of drug-likeness (QED) is 0.297. The molecule has 0 unspecified atom stereocenters. The second kappa shape index (κ2) is 4.28. The van der Waals surface area contributed by atoms with Crippen molar-refractivity contribution in [3.05, 3.63) is 0 Å². The molecule has 52 valence electrons. The molecule has 0 aliphatic rings. The Morgan fingerprint density at radius 3 is 1.67 bits per heavy atom. The van der Waals surface area contributed by atoms with Crippen LogP contribution in [0.2, 0.25) is 0 Å². The van der Waals surface area contributed by atoms with Gasteiger partial charge in [0.05, 0.1) is 6.67 Å². The van der Waals surface area contributed by atoms with Crippen LogP contribution in [0.15, 0.2) is 0 Å². The van der Waals surface area contributed by atoms with Gasteiger partial charge >= 0.3 is 0 Å².